The third-order valence-corrected chi connectivity index (χ3v) is 5.06. The van der Waals surface area contributed by atoms with Crippen LogP contribution >= 0.6 is 11.3 Å². The van der Waals surface area contributed by atoms with Gasteiger partial charge in [0.1, 0.15) is 17.3 Å². The summed E-state index contributed by atoms with van der Waals surface area (Å²) in [4.78, 5) is 22.9. The van der Waals surface area contributed by atoms with E-state index in [0.717, 1.165) is 10.9 Å². The Balaban J connectivity index is 2.00. The van der Waals surface area contributed by atoms with Crippen LogP contribution in [-0.4, -0.2) is 39.9 Å². The SMILES string of the molecule is COCc1nc(OC)c2c(C)c(C(=O)Nc3ccnn3C(C)C)sc2n1. The number of ether oxygens (including phenoxy) is 2. The monoisotopic (exact) mass is 375 g/mol. The number of carbonyl (C=O) groups is 1. The number of carbonyl (C=O) groups excluding carboxylic acids is 1. The smallest absolute Gasteiger partial charge is 0.267 e. The molecular formula is C17H21N5O3S. The molecule has 3 rings (SSSR count). The Labute approximate surface area is 155 Å². The van der Waals surface area contributed by atoms with Gasteiger partial charge in [-0.15, -0.1) is 11.3 Å². The standard InChI is InChI=1S/C17H21N5O3S/c1-9(2)22-12(6-7-18-22)21-15(23)14-10(3)13-16(25-5)19-11(8-24-4)20-17(13)26-14/h6-7,9H,8H2,1-5H3,(H,21,23). The molecule has 0 aliphatic heterocycles. The summed E-state index contributed by atoms with van der Waals surface area (Å²) in [7, 11) is 3.13. The van der Waals surface area contributed by atoms with E-state index >= 15 is 0 Å². The number of hydrogen-bond acceptors (Lipinski definition) is 7. The van der Waals surface area contributed by atoms with Gasteiger partial charge in [0.15, 0.2) is 5.82 Å². The highest BCUT2D eigenvalue weighted by molar-refractivity contribution is 7.20. The van der Waals surface area contributed by atoms with E-state index in [9.17, 15) is 4.79 Å². The van der Waals surface area contributed by atoms with Crippen molar-refractivity contribution in [3.63, 3.8) is 0 Å². The van der Waals surface area contributed by atoms with Gasteiger partial charge >= 0.3 is 0 Å². The second-order valence-corrected chi connectivity index (χ2v) is 7.03. The number of amides is 1. The summed E-state index contributed by atoms with van der Waals surface area (Å²) in [5.41, 5.74) is 0.791. The molecule has 0 unspecified atom stereocenters. The third kappa shape index (κ3) is 3.27. The van der Waals surface area contributed by atoms with Gasteiger partial charge in [-0.3, -0.25) is 4.79 Å². The van der Waals surface area contributed by atoms with Gasteiger partial charge in [0.05, 0.1) is 23.6 Å². The molecule has 0 spiro atoms. The molecule has 1 N–H and O–H groups in total. The van der Waals surface area contributed by atoms with E-state index in [0.29, 0.717) is 27.2 Å². The number of anilines is 1. The molecule has 0 saturated heterocycles. The van der Waals surface area contributed by atoms with E-state index in [-0.39, 0.29) is 18.6 Å². The molecule has 0 fully saturated rings. The van der Waals surface area contributed by atoms with Gasteiger partial charge in [-0.05, 0) is 26.3 Å². The number of aromatic nitrogens is 4. The Morgan fingerprint density at radius 3 is 2.77 bits per heavy atom. The maximum atomic E-state index is 12.8. The van der Waals surface area contributed by atoms with Crippen LogP contribution in [0.25, 0.3) is 10.2 Å². The van der Waals surface area contributed by atoms with Crippen molar-refractivity contribution < 1.29 is 14.3 Å². The maximum absolute atomic E-state index is 12.8. The average Bonchev–Trinajstić information content (AvgIpc) is 3.19. The number of rotatable bonds is 6. The van der Waals surface area contributed by atoms with Crippen molar-refractivity contribution in [2.45, 2.75) is 33.4 Å². The molecule has 3 aromatic rings. The summed E-state index contributed by atoms with van der Waals surface area (Å²) < 4.78 is 12.3. The number of nitrogens with one attached hydrogen (secondary N) is 1. The highest BCUT2D eigenvalue weighted by atomic mass is 32.1. The second-order valence-electron chi connectivity index (χ2n) is 6.03. The summed E-state index contributed by atoms with van der Waals surface area (Å²) >= 11 is 1.31. The molecule has 0 aliphatic rings. The molecule has 0 aromatic carbocycles. The van der Waals surface area contributed by atoms with Crippen LogP contribution in [0.4, 0.5) is 5.82 Å². The fourth-order valence-electron chi connectivity index (χ4n) is 2.70. The van der Waals surface area contributed by atoms with Gasteiger partial charge in [-0.25, -0.2) is 9.67 Å². The fourth-order valence-corrected chi connectivity index (χ4v) is 3.79. The number of thiophene rings is 1. The van der Waals surface area contributed by atoms with E-state index in [1.165, 1.54) is 11.3 Å². The maximum Gasteiger partial charge on any atom is 0.267 e. The minimum atomic E-state index is -0.205. The lowest BCUT2D eigenvalue weighted by molar-refractivity contribution is 0.102. The average molecular weight is 375 g/mol. The van der Waals surface area contributed by atoms with Gasteiger partial charge in [0, 0.05) is 19.2 Å². The molecule has 3 aromatic heterocycles. The van der Waals surface area contributed by atoms with Gasteiger partial charge in [-0.1, -0.05) is 0 Å². The van der Waals surface area contributed by atoms with Gasteiger partial charge in [-0.2, -0.15) is 10.1 Å². The number of methoxy groups -OCH3 is 2. The van der Waals surface area contributed by atoms with Crippen molar-refractivity contribution >= 4 is 33.3 Å². The van der Waals surface area contributed by atoms with Crippen LogP contribution in [0, 0.1) is 6.92 Å². The highest BCUT2D eigenvalue weighted by Gasteiger charge is 2.22. The number of aryl methyl sites for hydroxylation is 1. The van der Waals surface area contributed by atoms with Gasteiger partial charge in [0.2, 0.25) is 5.88 Å². The quantitative estimate of drug-likeness (QED) is 0.711. The van der Waals surface area contributed by atoms with Crippen LogP contribution in [0.3, 0.4) is 0 Å². The molecular weight excluding hydrogens is 354 g/mol. The summed E-state index contributed by atoms with van der Waals surface area (Å²) in [6, 6.07) is 1.92. The normalized spacial score (nSPS) is 11.3. The summed E-state index contributed by atoms with van der Waals surface area (Å²) in [6.45, 7) is 6.16. The molecule has 1 amide bonds. The molecule has 0 aliphatic carbocycles. The largest absolute Gasteiger partial charge is 0.480 e. The molecule has 9 heteroatoms. The van der Waals surface area contributed by atoms with E-state index in [2.05, 4.69) is 20.4 Å². The van der Waals surface area contributed by atoms with Crippen LogP contribution in [0.2, 0.25) is 0 Å². The Bertz CT molecular complexity index is 947. The first-order valence-corrected chi connectivity index (χ1v) is 8.95. The van der Waals surface area contributed by atoms with Crippen LogP contribution < -0.4 is 10.1 Å². The molecule has 138 valence electrons. The highest BCUT2D eigenvalue weighted by Crippen LogP contribution is 2.35. The predicted octanol–water partition coefficient (Wildman–Crippen LogP) is 3.18. The molecule has 0 atom stereocenters. The molecule has 0 bridgehead atoms. The summed E-state index contributed by atoms with van der Waals surface area (Å²) in [6.07, 6.45) is 1.67. The van der Waals surface area contributed by atoms with E-state index < -0.39 is 0 Å². The van der Waals surface area contributed by atoms with Gasteiger partial charge < -0.3 is 14.8 Å². The lowest BCUT2D eigenvalue weighted by Crippen LogP contribution is -2.16. The summed E-state index contributed by atoms with van der Waals surface area (Å²) in [5.74, 6) is 1.41. The fraction of sp³-hybridized carbons (Fsp3) is 0.412. The predicted molar refractivity (Wildman–Crippen MR) is 100.0 cm³/mol. The Morgan fingerprint density at radius 2 is 2.12 bits per heavy atom. The minimum Gasteiger partial charge on any atom is -0.480 e. The number of hydrogen-bond donors (Lipinski definition) is 1. The van der Waals surface area contributed by atoms with Crippen LogP contribution in [0.1, 0.15) is 40.9 Å². The lowest BCUT2D eigenvalue weighted by Gasteiger charge is -2.11. The lowest BCUT2D eigenvalue weighted by atomic mass is 10.2. The topological polar surface area (TPSA) is 91.2 Å². The first-order chi connectivity index (χ1) is 12.5. The van der Waals surface area contributed by atoms with Crippen molar-refractivity contribution in [1.82, 2.24) is 19.7 Å². The first-order valence-electron chi connectivity index (χ1n) is 8.14. The Hall–Kier alpha value is -2.52. The van der Waals surface area contributed by atoms with E-state index in [1.807, 2.05) is 20.8 Å². The minimum absolute atomic E-state index is 0.145. The Morgan fingerprint density at radius 1 is 1.35 bits per heavy atom. The van der Waals surface area contributed by atoms with Crippen molar-refractivity contribution in [2.24, 2.45) is 0 Å². The van der Waals surface area contributed by atoms with Crippen molar-refractivity contribution in [3.8, 4) is 5.88 Å². The molecule has 26 heavy (non-hydrogen) atoms. The Kier molecular flexibility index (Phi) is 5.19. The third-order valence-electron chi connectivity index (χ3n) is 3.88. The molecule has 0 radical (unpaired) electrons. The molecule has 0 saturated carbocycles. The van der Waals surface area contributed by atoms with Crippen molar-refractivity contribution in [3.05, 3.63) is 28.5 Å². The summed E-state index contributed by atoms with van der Waals surface area (Å²) in [5, 5.41) is 7.91. The second kappa shape index (κ2) is 7.38. The zero-order valence-electron chi connectivity index (χ0n) is 15.4. The van der Waals surface area contributed by atoms with E-state index in [4.69, 9.17) is 9.47 Å². The van der Waals surface area contributed by atoms with Gasteiger partial charge in [0.25, 0.3) is 5.91 Å². The number of fused-ring (bicyclic) bond motifs is 1. The van der Waals surface area contributed by atoms with Crippen LogP contribution in [0.15, 0.2) is 12.3 Å². The zero-order chi connectivity index (χ0) is 18.8. The zero-order valence-corrected chi connectivity index (χ0v) is 16.2. The van der Waals surface area contributed by atoms with Crippen molar-refractivity contribution in [2.75, 3.05) is 19.5 Å². The number of nitrogens with zero attached hydrogens (tertiary/aromatic N) is 4. The molecule has 3 heterocycles. The van der Waals surface area contributed by atoms with Crippen LogP contribution in [-0.2, 0) is 11.3 Å². The van der Waals surface area contributed by atoms with Crippen LogP contribution in [0.5, 0.6) is 5.88 Å². The van der Waals surface area contributed by atoms with E-state index in [1.54, 1.807) is 31.2 Å². The first kappa shape index (κ1) is 18.3. The molecule has 8 nitrogen and oxygen atoms in total. The van der Waals surface area contributed by atoms with Crippen molar-refractivity contribution in [1.29, 1.82) is 0 Å².